The normalized spacial score (nSPS) is 9.50. The molecule has 72 valence electrons. The molecule has 0 fully saturated rings. The Morgan fingerprint density at radius 3 is 2.43 bits per heavy atom. The zero-order valence-corrected chi connectivity index (χ0v) is 10.1. The first-order valence-corrected chi connectivity index (χ1v) is 5.50. The summed E-state index contributed by atoms with van der Waals surface area (Å²) in [6.45, 7) is 2.24. The number of unbranched alkanes of at least 4 members (excludes halogenated alkanes) is 3. The molecule has 1 rings (SSSR count). The van der Waals surface area contributed by atoms with Gasteiger partial charge in [0, 0.05) is 0 Å². The minimum absolute atomic E-state index is 0. The summed E-state index contributed by atoms with van der Waals surface area (Å²) in [5, 5.41) is 0. The number of rotatable bonds is 5. The van der Waals surface area contributed by atoms with E-state index in [9.17, 15) is 0 Å². The Bertz CT molecular complexity index is 248. The molecule has 0 N–H and O–H groups in total. The van der Waals surface area contributed by atoms with Crippen molar-refractivity contribution >= 4 is 12.6 Å². The zero-order valence-electron chi connectivity index (χ0n) is 9.25. The van der Waals surface area contributed by atoms with Gasteiger partial charge in [0.25, 0.3) is 0 Å². The van der Waals surface area contributed by atoms with Gasteiger partial charge in [-0.2, -0.15) is 4.90 Å². The van der Waals surface area contributed by atoms with E-state index in [2.05, 4.69) is 19.1 Å². The summed E-state index contributed by atoms with van der Waals surface area (Å²) in [6.07, 6.45) is 6.41. The molecule has 2 heteroatoms. The van der Waals surface area contributed by atoms with Crippen molar-refractivity contribution in [1.82, 2.24) is 0 Å². The monoisotopic (exact) mass is 200 g/mol. The molecule has 0 radical (unpaired) electrons. The van der Waals surface area contributed by atoms with Gasteiger partial charge in [0.2, 0.25) is 0 Å². The van der Waals surface area contributed by atoms with Crippen LogP contribution in [0.1, 0.15) is 38.2 Å². The molecule has 0 aromatic heterocycles. The van der Waals surface area contributed by atoms with E-state index < -0.39 is 0 Å². The van der Waals surface area contributed by atoms with Crippen molar-refractivity contribution in [3.8, 4) is 0 Å². The molecule has 0 amide bonds. The third kappa shape index (κ3) is 5.05. The van der Waals surface area contributed by atoms with Gasteiger partial charge in [0.1, 0.15) is 0 Å². The van der Waals surface area contributed by atoms with Crippen LogP contribution in [0.5, 0.6) is 0 Å². The average Bonchev–Trinajstić information content (AvgIpc) is 2.15. The van der Waals surface area contributed by atoms with E-state index in [1.165, 1.54) is 31.2 Å². The van der Waals surface area contributed by atoms with Crippen molar-refractivity contribution in [3.63, 3.8) is 0 Å². The van der Waals surface area contributed by atoms with Gasteiger partial charge in [0.05, 0.1) is 0 Å². The van der Waals surface area contributed by atoms with E-state index in [0.717, 1.165) is 11.3 Å². The summed E-state index contributed by atoms with van der Waals surface area (Å²) < 4.78 is 0. The molecule has 0 heterocycles. The summed E-state index contributed by atoms with van der Waals surface area (Å²) in [6, 6.07) is 8.25. The van der Waals surface area contributed by atoms with Crippen molar-refractivity contribution < 1.29 is 18.9 Å². The van der Waals surface area contributed by atoms with E-state index in [4.69, 9.17) is 12.6 Å². The molecule has 0 aliphatic heterocycles. The van der Waals surface area contributed by atoms with E-state index in [1.54, 1.807) is 0 Å². The molecule has 0 atom stereocenters. The van der Waals surface area contributed by atoms with Gasteiger partial charge < -0.3 is 12.6 Å². The molecule has 0 aliphatic rings. The number of aryl methyl sites for hydroxylation is 1. The first-order chi connectivity index (χ1) is 6.34. The third-order valence-electron chi connectivity index (χ3n) is 2.27. The van der Waals surface area contributed by atoms with Crippen molar-refractivity contribution in [2.45, 2.75) is 43.9 Å². The number of hydrogen-bond donors (Lipinski definition) is 0. The van der Waals surface area contributed by atoms with Crippen molar-refractivity contribution in [2.24, 2.45) is 0 Å². The van der Waals surface area contributed by atoms with Gasteiger partial charge in [0.15, 0.2) is 0 Å². The Morgan fingerprint density at radius 2 is 1.79 bits per heavy atom. The third-order valence-corrected chi connectivity index (χ3v) is 2.67. The molecule has 0 saturated carbocycles. The zero-order chi connectivity index (χ0) is 9.52. The van der Waals surface area contributed by atoms with Crippen LogP contribution < -0.4 is 18.9 Å². The first-order valence-electron chi connectivity index (χ1n) is 5.09. The largest absolute Gasteiger partial charge is 1.00 e. The van der Waals surface area contributed by atoms with Crippen LogP contribution >= 0.6 is 0 Å². The second-order valence-corrected chi connectivity index (χ2v) is 3.86. The van der Waals surface area contributed by atoms with Gasteiger partial charge in [-0.25, -0.2) is 0 Å². The molecule has 1 aromatic rings. The fourth-order valence-electron chi connectivity index (χ4n) is 1.45. The van der Waals surface area contributed by atoms with Gasteiger partial charge >= 0.3 is 18.9 Å². The van der Waals surface area contributed by atoms with Crippen LogP contribution in [-0.4, -0.2) is 0 Å². The summed E-state index contributed by atoms with van der Waals surface area (Å²) in [5.41, 5.74) is 1.34. The van der Waals surface area contributed by atoms with Crippen molar-refractivity contribution in [3.05, 3.63) is 29.8 Å². The number of hydrogen-bond acceptors (Lipinski definition) is 1. The standard InChI is InChI=1S/C12H18S.Li/c1-2-3-4-5-8-11-9-6-7-10-12(11)13;/h6-7,9-10,13H,2-5,8H2,1H3;/q;+1/p-1. The van der Waals surface area contributed by atoms with Crippen LogP contribution in [0.25, 0.3) is 0 Å². The quantitative estimate of drug-likeness (QED) is 0.383. The fraction of sp³-hybridized carbons (Fsp3) is 0.500. The molecule has 0 unspecified atom stereocenters. The first kappa shape index (κ1) is 14.0. The Labute approximate surface area is 105 Å². The second-order valence-electron chi connectivity index (χ2n) is 3.42. The minimum atomic E-state index is 0. The van der Waals surface area contributed by atoms with Crippen LogP contribution in [0.2, 0.25) is 0 Å². The number of benzene rings is 1. The smallest absolute Gasteiger partial charge is 0.779 e. The van der Waals surface area contributed by atoms with Gasteiger partial charge in [-0.3, -0.25) is 0 Å². The summed E-state index contributed by atoms with van der Waals surface area (Å²) in [7, 11) is 0. The Morgan fingerprint density at radius 1 is 1.07 bits per heavy atom. The molecular weight excluding hydrogens is 183 g/mol. The van der Waals surface area contributed by atoms with E-state index >= 15 is 0 Å². The summed E-state index contributed by atoms with van der Waals surface area (Å²) in [5.74, 6) is 0. The van der Waals surface area contributed by atoms with Crippen LogP contribution in [0, 0.1) is 0 Å². The second kappa shape index (κ2) is 8.35. The molecule has 0 bridgehead atoms. The van der Waals surface area contributed by atoms with Gasteiger partial charge in [-0.15, -0.1) is 0 Å². The summed E-state index contributed by atoms with van der Waals surface area (Å²) >= 11 is 5.23. The summed E-state index contributed by atoms with van der Waals surface area (Å²) in [4.78, 5) is 1.03. The van der Waals surface area contributed by atoms with Crippen LogP contribution in [0.4, 0.5) is 0 Å². The van der Waals surface area contributed by atoms with Crippen molar-refractivity contribution in [1.29, 1.82) is 0 Å². The predicted molar refractivity (Wildman–Crippen MR) is 59.9 cm³/mol. The molecule has 0 spiro atoms. The van der Waals surface area contributed by atoms with Crippen LogP contribution in [0.15, 0.2) is 29.2 Å². The maximum atomic E-state index is 5.23. The molecular formula is C12H17LiS. The SMILES string of the molecule is CCCCCCc1ccccc1[S-].[Li+]. The molecule has 0 aliphatic carbocycles. The van der Waals surface area contributed by atoms with E-state index in [0.29, 0.717) is 0 Å². The van der Waals surface area contributed by atoms with Crippen LogP contribution in [-0.2, 0) is 19.0 Å². The average molecular weight is 200 g/mol. The maximum Gasteiger partial charge on any atom is 1.00 e. The van der Waals surface area contributed by atoms with E-state index in [-0.39, 0.29) is 18.9 Å². The van der Waals surface area contributed by atoms with Gasteiger partial charge in [-0.1, -0.05) is 56.0 Å². The fourth-order valence-corrected chi connectivity index (χ4v) is 1.70. The minimum Gasteiger partial charge on any atom is -0.779 e. The maximum absolute atomic E-state index is 5.23. The Kier molecular flexibility index (Phi) is 8.38. The topological polar surface area (TPSA) is 0 Å². The molecule has 0 nitrogen and oxygen atoms in total. The van der Waals surface area contributed by atoms with Gasteiger partial charge in [-0.05, 0) is 12.8 Å². The molecule has 0 saturated heterocycles. The predicted octanol–water partition coefficient (Wildman–Crippen LogP) is 0.719. The molecule has 1 aromatic carbocycles. The molecule has 14 heavy (non-hydrogen) atoms. The Balaban J connectivity index is 0.00000169. The Hall–Kier alpha value is 0.0374. The van der Waals surface area contributed by atoms with E-state index in [1.807, 2.05) is 12.1 Å². The van der Waals surface area contributed by atoms with Crippen molar-refractivity contribution in [2.75, 3.05) is 0 Å². The van der Waals surface area contributed by atoms with Crippen LogP contribution in [0.3, 0.4) is 0 Å².